The number of nitrogens with zero attached hydrogens (tertiary/aromatic N) is 1. The van der Waals surface area contributed by atoms with Crippen molar-refractivity contribution >= 4 is 52.4 Å². The highest BCUT2D eigenvalue weighted by atomic mass is 35.5. The summed E-state index contributed by atoms with van der Waals surface area (Å²) in [6, 6.07) is 3.04. The topological polar surface area (TPSA) is 58.6 Å². The lowest BCUT2D eigenvalue weighted by Crippen LogP contribution is -2.41. The quantitative estimate of drug-likeness (QED) is 0.814. The normalized spacial score (nSPS) is 16.2. The van der Waals surface area contributed by atoms with Gasteiger partial charge in [0.1, 0.15) is 0 Å². The summed E-state index contributed by atoms with van der Waals surface area (Å²) in [5.74, 6) is -0.485. The second kappa shape index (κ2) is 8.20. The van der Waals surface area contributed by atoms with Crippen LogP contribution in [0.3, 0.4) is 0 Å². The van der Waals surface area contributed by atoms with Crippen LogP contribution >= 0.6 is 34.8 Å². The molecule has 0 aliphatic carbocycles. The van der Waals surface area contributed by atoms with Crippen LogP contribution in [0.15, 0.2) is 12.1 Å². The van der Waals surface area contributed by atoms with Crippen LogP contribution in [0.4, 0.5) is 5.69 Å². The molecule has 0 spiro atoms. The number of hydrogen-bond donors (Lipinski definition) is 1. The van der Waals surface area contributed by atoms with E-state index in [1.54, 1.807) is 0 Å². The van der Waals surface area contributed by atoms with Crippen molar-refractivity contribution in [3.8, 4) is 0 Å². The molecule has 0 bridgehead atoms. The van der Waals surface area contributed by atoms with Gasteiger partial charge in [-0.3, -0.25) is 14.5 Å². The molecule has 5 nitrogen and oxygen atoms in total. The summed E-state index contributed by atoms with van der Waals surface area (Å²) in [6.07, 6.45) is 1.37. The number of nitrogens with one attached hydrogen (secondary N) is 1. The summed E-state index contributed by atoms with van der Waals surface area (Å²) in [5.41, 5.74) is 0.354. The summed E-state index contributed by atoms with van der Waals surface area (Å²) >= 11 is 17.9. The van der Waals surface area contributed by atoms with Gasteiger partial charge >= 0.3 is 5.97 Å². The van der Waals surface area contributed by atoms with Crippen molar-refractivity contribution < 1.29 is 14.3 Å². The molecule has 2 rings (SSSR count). The van der Waals surface area contributed by atoms with Crippen LogP contribution in [0.25, 0.3) is 0 Å². The van der Waals surface area contributed by atoms with E-state index in [1.807, 2.05) is 4.90 Å². The molecule has 1 saturated heterocycles. The van der Waals surface area contributed by atoms with E-state index in [2.05, 4.69) is 5.32 Å². The zero-order valence-corrected chi connectivity index (χ0v) is 14.8. The van der Waals surface area contributed by atoms with Gasteiger partial charge in [0, 0.05) is 5.02 Å². The number of carbonyl (C=O) groups is 2. The zero-order valence-electron chi connectivity index (χ0n) is 12.6. The van der Waals surface area contributed by atoms with Crippen LogP contribution in [0.5, 0.6) is 0 Å². The number of benzene rings is 1. The molecule has 0 saturated carbocycles. The number of likely N-dealkylation sites (tertiary alicyclic amines) is 1. The molecule has 126 valence electrons. The van der Waals surface area contributed by atoms with Gasteiger partial charge < -0.3 is 10.1 Å². The third-order valence-electron chi connectivity index (χ3n) is 3.76. The van der Waals surface area contributed by atoms with Gasteiger partial charge in [-0.25, -0.2) is 0 Å². The first-order valence-electron chi connectivity index (χ1n) is 7.15. The molecular weight excluding hydrogens is 363 g/mol. The minimum atomic E-state index is -0.215. The molecule has 0 aromatic heterocycles. The summed E-state index contributed by atoms with van der Waals surface area (Å²) in [4.78, 5) is 25.6. The van der Waals surface area contributed by atoms with Crippen LogP contribution in [0.1, 0.15) is 12.8 Å². The van der Waals surface area contributed by atoms with Gasteiger partial charge in [-0.2, -0.15) is 0 Å². The van der Waals surface area contributed by atoms with E-state index < -0.39 is 0 Å². The zero-order chi connectivity index (χ0) is 17.0. The van der Waals surface area contributed by atoms with Crippen LogP contribution in [0, 0.1) is 5.92 Å². The SMILES string of the molecule is COC(=O)C1CCN(CC(=O)Nc2c(Cl)cc(Cl)cc2Cl)CC1. The predicted molar refractivity (Wildman–Crippen MR) is 91.3 cm³/mol. The smallest absolute Gasteiger partial charge is 0.308 e. The molecule has 8 heteroatoms. The van der Waals surface area contributed by atoms with E-state index in [4.69, 9.17) is 39.5 Å². The van der Waals surface area contributed by atoms with Gasteiger partial charge in [-0.1, -0.05) is 34.8 Å². The largest absolute Gasteiger partial charge is 0.469 e. The maximum absolute atomic E-state index is 12.1. The average Bonchev–Trinajstić information content (AvgIpc) is 2.51. The first-order chi connectivity index (χ1) is 10.9. The first kappa shape index (κ1) is 18.3. The van der Waals surface area contributed by atoms with E-state index >= 15 is 0 Å². The van der Waals surface area contributed by atoms with Crippen molar-refractivity contribution in [1.29, 1.82) is 0 Å². The Balaban J connectivity index is 1.88. The number of methoxy groups -OCH3 is 1. The Kier molecular flexibility index (Phi) is 6.53. The van der Waals surface area contributed by atoms with Crippen LogP contribution < -0.4 is 5.32 Å². The fraction of sp³-hybridized carbons (Fsp3) is 0.467. The Hall–Kier alpha value is -1.01. The lowest BCUT2D eigenvalue weighted by Gasteiger charge is -2.30. The van der Waals surface area contributed by atoms with Gasteiger partial charge in [0.05, 0.1) is 35.3 Å². The molecule has 1 heterocycles. The highest BCUT2D eigenvalue weighted by molar-refractivity contribution is 6.42. The monoisotopic (exact) mass is 378 g/mol. The molecule has 1 N–H and O–H groups in total. The molecule has 23 heavy (non-hydrogen) atoms. The van der Waals surface area contributed by atoms with Gasteiger partial charge in [-0.15, -0.1) is 0 Å². The number of amides is 1. The molecule has 1 aromatic carbocycles. The molecule has 1 aliphatic heterocycles. The fourth-order valence-electron chi connectivity index (χ4n) is 2.54. The number of ether oxygens (including phenoxy) is 1. The van der Waals surface area contributed by atoms with Gasteiger partial charge in [0.25, 0.3) is 0 Å². The lowest BCUT2D eigenvalue weighted by molar-refractivity contribution is -0.147. The molecule has 0 unspecified atom stereocenters. The van der Waals surface area contributed by atoms with E-state index in [9.17, 15) is 9.59 Å². The molecule has 1 aliphatic rings. The Morgan fingerprint density at radius 3 is 2.30 bits per heavy atom. The Labute approximate surface area is 149 Å². The number of piperidine rings is 1. The van der Waals surface area contributed by atoms with Crippen molar-refractivity contribution in [3.05, 3.63) is 27.2 Å². The minimum absolute atomic E-state index is 0.0838. The number of rotatable bonds is 4. The molecule has 0 radical (unpaired) electrons. The van der Waals surface area contributed by atoms with Gasteiger partial charge in [0.15, 0.2) is 0 Å². The molecule has 0 atom stereocenters. The summed E-state index contributed by atoms with van der Waals surface area (Å²) in [7, 11) is 1.39. The maximum atomic E-state index is 12.1. The van der Waals surface area contributed by atoms with Crippen LogP contribution in [-0.4, -0.2) is 43.5 Å². The number of hydrogen-bond acceptors (Lipinski definition) is 4. The lowest BCUT2D eigenvalue weighted by atomic mass is 9.97. The Bertz CT molecular complexity index is 579. The van der Waals surface area contributed by atoms with Gasteiger partial charge in [0.2, 0.25) is 5.91 Å². The standard InChI is InChI=1S/C15H17Cl3N2O3/c1-23-15(22)9-2-4-20(5-3-9)8-13(21)19-14-11(17)6-10(16)7-12(14)18/h6-7,9H,2-5,8H2,1H3,(H,19,21). The van der Waals surface area contributed by atoms with Crippen molar-refractivity contribution in [2.45, 2.75) is 12.8 Å². The maximum Gasteiger partial charge on any atom is 0.308 e. The minimum Gasteiger partial charge on any atom is -0.469 e. The van der Waals surface area contributed by atoms with Crippen molar-refractivity contribution in [2.24, 2.45) is 5.92 Å². The fourth-order valence-corrected chi connectivity index (χ4v) is 3.45. The highest BCUT2D eigenvalue weighted by Crippen LogP contribution is 2.33. The second-order valence-corrected chi connectivity index (χ2v) is 6.62. The predicted octanol–water partition coefficient (Wildman–Crippen LogP) is 3.47. The third kappa shape index (κ3) is 4.98. The Morgan fingerprint density at radius 1 is 1.22 bits per heavy atom. The van der Waals surface area contributed by atoms with Gasteiger partial charge in [-0.05, 0) is 38.1 Å². The number of anilines is 1. The van der Waals surface area contributed by atoms with Crippen molar-refractivity contribution in [1.82, 2.24) is 4.90 Å². The molecule has 1 aromatic rings. The molecular formula is C15H17Cl3N2O3. The molecule has 1 amide bonds. The molecule has 1 fully saturated rings. The van der Waals surface area contributed by atoms with Crippen molar-refractivity contribution in [3.63, 3.8) is 0 Å². The van der Waals surface area contributed by atoms with Crippen LogP contribution in [0.2, 0.25) is 15.1 Å². The second-order valence-electron chi connectivity index (χ2n) is 5.37. The van der Waals surface area contributed by atoms with E-state index in [0.717, 1.165) is 0 Å². The summed E-state index contributed by atoms with van der Waals surface area (Å²) in [6.45, 7) is 1.54. The summed E-state index contributed by atoms with van der Waals surface area (Å²) < 4.78 is 4.74. The third-order valence-corrected chi connectivity index (χ3v) is 4.58. The van der Waals surface area contributed by atoms with E-state index in [-0.39, 0.29) is 24.3 Å². The first-order valence-corrected chi connectivity index (χ1v) is 8.28. The van der Waals surface area contributed by atoms with E-state index in [1.165, 1.54) is 19.2 Å². The number of carbonyl (C=O) groups excluding carboxylic acids is 2. The van der Waals surface area contributed by atoms with E-state index in [0.29, 0.717) is 46.7 Å². The number of halogens is 3. The van der Waals surface area contributed by atoms with Crippen molar-refractivity contribution in [2.75, 3.05) is 32.1 Å². The number of esters is 1. The average molecular weight is 380 g/mol. The summed E-state index contributed by atoms with van der Waals surface area (Å²) in [5, 5.41) is 3.69. The van der Waals surface area contributed by atoms with Crippen LogP contribution in [-0.2, 0) is 14.3 Å². The Morgan fingerprint density at radius 2 is 1.78 bits per heavy atom. The highest BCUT2D eigenvalue weighted by Gasteiger charge is 2.26.